The van der Waals surface area contributed by atoms with Gasteiger partial charge in [0.15, 0.2) is 5.84 Å². The van der Waals surface area contributed by atoms with Gasteiger partial charge in [-0.2, -0.15) is 0 Å². The van der Waals surface area contributed by atoms with Crippen molar-refractivity contribution in [3.63, 3.8) is 0 Å². The fraction of sp³-hybridized carbons (Fsp3) is 0.333. The number of ether oxygens (including phenoxy) is 1. The van der Waals surface area contributed by atoms with Crippen LogP contribution in [0.4, 0.5) is 5.69 Å². The first-order valence-corrected chi connectivity index (χ1v) is 5.53. The number of nitrogens with zero attached hydrogens (tertiary/aromatic N) is 1. The Labute approximate surface area is 105 Å². The third-order valence-corrected chi connectivity index (χ3v) is 2.13. The van der Waals surface area contributed by atoms with Crippen molar-refractivity contribution in [1.29, 1.82) is 0 Å². The van der Waals surface area contributed by atoms with Gasteiger partial charge >= 0.3 is 0 Å². The van der Waals surface area contributed by atoms with Gasteiger partial charge in [-0.05, 0) is 26.0 Å². The van der Waals surface area contributed by atoms with Crippen molar-refractivity contribution < 1.29 is 14.7 Å². The Bertz CT molecular complexity index is 444. The van der Waals surface area contributed by atoms with Crippen LogP contribution in [-0.2, 0) is 9.53 Å². The summed E-state index contributed by atoms with van der Waals surface area (Å²) in [5.74, 6) is -0.349. The fourth-order valence-corrected chi connectivity index (χ4v) is 1.30. The molecule has 6 nitrogen and oxygen atoms in total. The third kappa shape index (κ3) is 4.06. The zero-order valence-corrected chi connectivity index (χ0v) is 10.4. The second-order valence-corrected chi connectivity index (χ2v) is 3.94. The van der Waals surface area contributed by atoms with Crippen LogP contribution in [0, 0.1) is 0 Å². The molecule has 0 aliphatic rings. The second kappa shape index (κ2) is 6.61. The molecule has 0 heterocycles. The number of nitrogens with two attached hydrogens (primary N) is 1. The third-order valence-electron chi connectivity index (χ3n) is 2.13. The smallest absolute Gasteiger partial charge is 0.250 e. The molecule has 0 aromatic heterocycles. The van der Waals surface area contributed by atoms with E-state index in [4.69, 9.17) is 15.7 Å². The molecule has 1 aromatic rings. The number of hydrogen-bond donors (Lipinski definition) is 3. The van der Waals surface area contributed by atoms with Crippen LogP contribution in [0.3, 0.4) is 0 Å². The van der Waals surface area contributed by atoms with E-state index in [1.165, 1.54) is 0 Å². The molecule has 1 rings (SSSR count). The Morgan fingerprint density at radius 2 is 2.17 bits per heavy atom. The Morgan fingerprint density at radius 3 is 2.78 bits per heavy atom. The summed E-state index contributed by atoms with van der Waals surface area (Å²) in [5, 5.41) is 14.2. The molecule has 0 fully saturated rings. The highest BCUT2D eigenvalue weighted by Crippen LogP contribution is 2.14. The summed E-state index contributed by atoms with van der Waals surface area (Å²) in [7, 11) is 0. The van der Waals surface area contributed by atoms with Crippen molar-refractivity contribution in [3.05, 3.63) is 29.8 Å². The average molecular weight is 251 g/mol. The molecule has 1 amide bonds. The molecular formula is C12H17N3O3. The molecule has 18 heavy (non-hydrogen) atoms. The molecule has 0 aliphatic carbocycles. The van der Waals surface area contributed by atoms with Crippen molar-refractivity contribution in [2.45, 2.75) is 20.0 Å². The fourth-order valence-electron chi connectivity index (χ4n) is 1.30. The van der Waals surface area contributed by atoms with Crippen LogP contribution >= 0.6 is 0 Å². The van der Waals surface area contributed by atoms with Gasteiger partial charge < -0.3 is 21.0 Å². The molecule has 1 aromatic carbocycles. The summed E-state index contributed by atoms with van der Waals surface area (Å²) >= 11 is 0. The largest absolute Gasteiger partial charge is 0.409 e. The SMILES string of the molecule is CC(C)OCC(=O)Nc1ccccc1/C(N)=N/O. The number of benzene rings is 1. The van der Waals surface area contributed by atoms with Crippen LogP contribution in [0.2, 0.25) is 0 Å². The highest BCUT2D eigenvalue weighted by molar-refractivity contribution is 6.05. The van der Waals surface area contributed by atoms with Crippen molar-refractivity contribution >= 4 is 17.4 Å². The predicted molar refractivity (Wildman–Crippen MR) is 68.7 cm³/mol. The van der Waals surface area contributed by atoms with Crippen LogP contribution in [0.15, 0.2) is 29.4 Å². The lowest BCUT2D eigenvalue weighted by Crippen LogP contribution is -2.23. The maximum atomic E-state index is 11.6. The van der Waals surface area contributed by atoms with Crippen LogP contribution in [0.1, 0.15) is 19.4 Å². The number of carbonyl (C=O) groups excluding carboxylic acids is 1. The van der Waals surface area contributed by atoms with E-state index in [0.717, 1.165) is 0 Å². The molecule has 0 saturated heterocycles. The lowest BCUT2D eigenvalue weighted by atomic mass is 10.1. The molecule has 0 bridgehead atoms. The molecule has 98 valence electrons. The van der Waals surface area contributed by atoms with Gasteiger partial charge in [0.1, 0.15) is 6.61 Å². The van der Waals surface area contributed by atoms with Crippen LogP contribution in [0.25, 0.3) is 0 Å². The Balaban J connectivity index is 2.75. The molecule has 6 heteroatoms. The van der Waals surface area contributed by atoms with Crippen molar-refractivity contribution in [2.24, 2.45) is 10.9 Å². The van der Waals surface area contributed by atoms with Crippen molar-refractivity contribution in [2.75, 3.05) is 11.9 Å². The standard InChI is InChI=1S/C12H17N3O3/c1-8(2)18-7-11(16)14-10-6-4-3-5-9(10)12(13)15-17/h3-6,8,17H,7H2,1-2H3,(H2,13,15)(H,14,16). The summed E-state index contributed by atoms with van der Waals surface area (Å²) in [6.07, 6.45) is -0.0185. The lowest BCUT2D eigenvalue weighted by Gasteiger charge is -2.11. The van der Waals surface area contributed by atoms with Crippen molar-refractivity contribution in [1.82, 2.24) is 0 Å². The first-order chi connectivity index (χ1) is 8.54. The topological polar surface area (TPSA) is 96.9 Å². The maximum absolute atomic E-state index is 11.6. The summed E-state index contributed by atoms with van der Waals surface area (Å²) in [6.45, 7) is 3.65. The lowest BCUT2D eigenvalue weighted by molar-refractivity contribution is -0.121. The minimum absolute atomic E-state index is 0.0185. The average Bonchev–Trinajstić information content (AvgIpc) is 2.36. The highest BCUT2D eigenvalue weighted by Gasteiger charge is 2.10. The summed E-state index contributed by atoms with van der Waals surface area (Å²) in [4.78, 5) is 11.6. The summed E-state index contributed by atoms with van der Waals surface area (Å²) < 4.78 is 5.18. The Morgan fingerprint density at radius 1 is 1.50 bits per heavy atom. The molecule has 0 unspecified atom stereocenters. The quantitative estimate of drug-likeness (QED) is 0.316. The van der Waals surface area contributed by atoms with E-state index >= 15 is 0 Å². The predicted octanol–water partition coefficient (Wildman–Crippen LogP) is 1.14. The number of amidine groups is 1. The van der Waals surface area contributed by atoms with E-state index in [0.29, 0.717) is 11.3 Å². The number of oxime groups is 1. The Hall–Kier alpha value is -2.08. The number of carbonyl (C=O) groups is 1. The van der Waals surface area contributed by atoms with Gasteiger partial charge in [0.25, 0.3) is 0 Å². The summed E-state index contributed by atoms with van der Waals surface area (Å²) in [5.41, 5.74) is 6.44. The van der Waals surface area contributed by atoms with Gasteiger partial charge in [0.2, 0.25) is 5.91 Å². The highest BCUT2D eigenvalue weighted by atomic mass is 16.5. The van der Waals surface area contributed by atoms with Gasteiger partial charge in [-0.15, -0.1) is 0 Å². The molecule has 0 spiro atoms. The van der Waals surface area contributed by atoms with Gasteiger partial charge in [-0.25, -0.2) is 0 Å². The molecule has 4 N–H and O–H groups in total. The van der Waals surface area contributed by atoms with Gasteiger partial charge in [-0.3, -0.25) is 4.79 Å². The van der Waals surface area contributed by atoms with E-state index in [1.54, 1.807) is 24.3 Å². The molecular weight excluding hydrogens is 234 g/mol. The number of nitrogens with one attached hydrogen (secondary N) is 1. The van der Waals surface area contributed by atoms with E-state index in [9.17, 15) is 4.79 Å². The van der Waals surface area contributed by atoms with Gasteiger partial charge in [0, 0.05) is 5.56 Å². The van der Waals surface area contributed by atoms with Crippen LogP contribution in [-0.4, -0.2) is 29.7 Å². The van der Waals surface area contributed by atoms with Gasteiger partial charge in [-0.1, -0.05) is 17.3 Å². The number of amides is 1. The van der Waals surface area contributed by atoms with Crippen LogP contribution < -0.4 is 11.1 Å². The number of rotatable bonds is 5. The van der Waals surface area contributed by atoms with Crippen LogP contribution in [0.5, 0.6) is 0 Å². The van der Waals surface area contributed by atoms with E-state index < -0.39 is 0 Å². The van der Waals surface area contributed by atoms with E-state index in [1.807, 2.05) is 13.8 Å². The maximum Gasteiger partial charge on any atom is 0.250 e. The molecule has 0 radical (unpaired) electrons. The molecule has 0 saturated carbocycles. The summed E-state index contributed by atoms with van der Waals surface area (Å²) in [6, 6.07) is 6.79. The number of para-hydroxylation sites is 1. The minimum atomic E-state index is -0.290. The Kier molecular flexibility index (Phi) is 5.13. The molecule has 0 atom stereocenters. The minimum Gasteiger partial charge on any atom is -0.409 e. The monoisotopic (exact) mass is 251 g/mol. The number of hydrogen-bond acceptors (Lipinski definition) is 4. The zero-order valence-electron chi connectivity index (χ0n) is 10.4. The first kappa shape index (κ1) is 14.0. The van der Waals surface area contributed by atoms with Crippen molar-refractivity contribution in [3.8, 4) is 0 Å². The van der Waals surface area contributed by atoms with E-state index in [-0.39, 0.29) is 24.5 Å². The molecule has 0 aliphatic heterocycles. The first-order valence-electron chi connectivity index (χ1n) is 5.53. The van der Waals surface area contributed by atoms with Gasteiger partial charge in [0.05, 0.1) is 11.8 Å². The zero-order chi connectivity index (χ0) is 13.5. The number of anilines is 1. The van der Waals surface area contributed by atoms with E-state index in [2.05, 4.69) is 10.5 Å². The second-order valence-electron chi connectivity index (χ2n) is 3.94. The normalized spacial score (nSPS) is 11.6.